The molecule has 1 saturated heterocycles. The summed E-state index contributed by atoms with van der Waals surface area (Å²) in [6.07, 6.45) is 4.53. The van der Waals surface area contributed by atoms with Crippen LogP contribution in [0.5, 0.6) is 0 Å². The fourth-order valence-electron chi connectivity index (χ4n) is 3.22. The molecule has 0 radical (unpaired) electrons. The van der Waals surface area contributed by atoms with Crippen LogP contribution in [-0.4, -0.2) is 35.6 Å². The van der Waals surface area contributed by atoms with E-state index in [0.717, 1.165) is 32.5 Å². The third-order valence-electron chi connectivity index (χ3n) is 4.36. The van der Waals surface area contributed by atoms with Crippen molar-refractivity contribution in [2.24, 2.45) is 0 Å². The average molecular weight is 275 g/mol. The molecule has 1 fully saturated rings. The zero-order valence-electron chi connectivity index (χ0n) is 12.3. The minimum absolute atomic E-state index is 0.242. The number of piperidine rings is 1. The fraction of sp³-hybridized carbons (Fsp3) is 0.588. The highest BCUT2D eigenvalue weighted by Crippen LogP contribution is 2.33. The minimum Gasteiger partial charge on any atom is -0.481 e. The van der Waals surface area contributed by atoms with Crippen LogP contribution in [0.3, 0.4) is 0 Å². The first kappa shape index (κ1) is 15.0. The van der Waals surface area contributed by atoms with Gasteiger partial charge in [0.15, 0.2) is 0 Å². The maximum absolute atomic E-state index is 10.5. The van der Waals surface area contributed by atoms with Crippen molar-refractivity contribution in [1.29, 1.82) is 0 Å². The number of aliphatic carboxylic acids is 1. The van der Waals surface area contributed by atoms with Crippen molar-refractivity contribution in [2.75, 3.05) is 19.6 Å². The van der Waals surface area contributed by atoms with Crippen molar-refractivity contribution in [2.45, 2.75) is 44.4 Å². The van der Waals surface area contributed by atoms with Crippen LogP contribution in [-0.2, 0) is 10.2 Å². The van der Waals surface area contributed by atoms with Gasteiger partial charge in [-0.2, -0.15) is 0 Å². The molecular formula is C17H25NO2. The molecular weight excluding hydrogens is 250 g/mol. The third-order valence-corrected chi connectivity index (χ3v) is 4.36. The molecule has 1 N–H and O–H groups in total. The first-order valence-corrected chi connectivity index (χ1v) is 7.60. The molecule has 1 aromatic carbocycles. The number of carbonyl (C=O) groups is 1. The molecule has 3 heteroatoms. The molecule has 1 atom stereocenters. The Bertz CT molecular complexity index is 432. The first-order chi connectivity index (χ1) is 9.60. The molecule has 20 heavy (non-hydrogen) atoms. The van der Waals surface area contributed by atoms with Crippen LogP contribution in [0, 0.1) is 0 Å². The zero-order valence-corrected chi connectivity index (χ0v) is 12.3. The molecule has 0 spiro atoms. The highest BCUT2D eigenvalue weighted by molar-refractivity contribution is 5.66. The summed E-state index contributed by atoms with van der Waals surface area (Å²) in [5, 5.41) is 8.67. The number of benzene rings is 1. The Morgan fingerprint density at radius 1 is 1.30 bits per heavy atom. The van der Waals surface area contributed by atoms with E-state index in [9.17, 15) is 4.79 Å². The Hall–Kier alpha value is -1.35. The minimum atomic E-state index is -0.683. The summed E-state index contributed by atoms with van der Waals surface area (Å²) >= 11 is 0. The van der Waals surface area contributed by atoms with Gasteiger partial charge in [-0.3, -0.25) is 4.79 Å². The topological polar surface area (TPSA) is 40.5 Å². The SMILES string of the molecule is C[C@]1(c2ccccc2)CCCN(CCCCC(=O)O)C1. The van der Waals surface area contributed by atoms with E-state index < -0.39 is 5.97 Å². The van der Waals surface area contributed by atoms with Gasteiger partial charge >= 0.3 is 5.97 Å². The molecule has 1 aromatic rings. The summed E-state index contributed by atoms with van der Waals surface area (Å²) in [6.45, 7) is 5.61. The number of carboxylic acid groups (broad SMARTS) is 1. The summed E-state index contributed by atoms with van der Waals surface area (Å²) in [6, 6.07) is 10.8. The van der Waals surface area contributed by atoms with Crippen molar-refractivity contribution in [1.82, 2.24) is 4.90 Å². The van der Waals surface area contributed by atoms with E-state index in [4.69, 9.17) is 5.11 Å². The lowest BCUT2D eigenvalue weighted by molar-refractivity contribution is -0.137. The third kappa shape index (κ3) is 4.07. The van der Waals surface area contributed by atoms with Gasteiger partial charge in [0.2, 0.25) is 0 Å². The molecule has 0 bridgehead atoms. The van der Waals surface area contributed by atoms with Crippen molar-refractivity contribution in [3.8, 4) is 0 Å². The molecule has 0 aliphatic carbocycles. The quantitative estimate of drug-likeness (QED) is 0.810. The highest BCUT2D eigenvalue weighted by Gasteiger charge is 2.32. The zero-order chi connectivity index (χ0) is 14.4. The maximum Gasteiger partial charge on any atom is 0.303 e. The molecule has 0 unspecified atom stereocenters. The molecule has 1 aliphatic rings. The van der Waals surface area contributed by atoms with Gasteiger partial charge in [0, 0.05) is 18.4 Å². The van der Waals surface area contributed by atoms with E-state index in [1.165, 1.54) is 18.4 Å². The lowest BCUT2D eigenvalue weighted by atomic mass is 9.76. The van der Waals surface area contributed by atoms with Gasteiger partial charge in [-0.15, -0.1) is 0 Å². The van der Waals surface area contributed by atoms with Crippen molar-refractivity contribution in [3.05, 3.63) is 35.9 Å². The Kier molecular flexibility index (Phi) is 5.18. The van der Waals surface area contributed by atoms with Crippen molar-refractivity contribution in [3.63, 3.8) is 0 Å². The van der Waals surface area contributed by atoms with Gasteiger partial charge in [0.1, 0.15) is 0 Å². The number of hydrogen-bond donors (Lipinski definition) is 1. The lowest BCUT2D eigenvalue weighted by Crippen LogP contribution is -2.44. The summed E-state index contributed by atoms with van der Waals surface area (Å²) < 4.78 is 0. The summed E-state index contributed by atoms with van der Waals surface area (Å²) in [5.41, 5.74) is 1.67. The molecule has 1 heterocycles. The Labute approximate surface area is 121 Å². The molecule has 0 saturated carbocycles. The van der Waals surface area contributed by atoms with E-state index in [-0.39, 0.29) is 5.41 Å². The monoisotopic (exact) mass is 275 g/mol. The van der Waals surface area contributed by atoms with Gasteiger partial charge in [0.25, 0.3) is 0 Å². The predicted molar refractivity (Wildman–Crippen MR) is 81.0 cm³/mol. The van der Waals surface area contributed by atoms with Gasteiger partial charge in [-0.1, -0.05) is 37.3 Å². The summed E-state index contributed by atoms with van der Waals surface area (Å²) in [5.74, 6) is -0.683. The lowest BCUT2D eigenvalue weighted by Gasteiger charge is -2.41. The summed E-state index contributed by atoms with van der Waals surface area (Å²) in [7, 11) is 0. The van der Waals surface area contributed by atoms with Gasteiger partial charge in [-0.25, -0.2) is 0 Å². The average Bonchev–Trinajstić information content (AvgIpc) is 2.45. The van der Waals surface area contributed by atoms with E-state index in [1.807, 2.05) is 0 Å². The van der Waals surface area contributed by atoms with Gasteiger partial charge < -0.3 is 10.0 Å². The van der Waals surface area contributed by atoms with Gasteiger partial charge in [-0.05, 0) is 44.3 Å². The van der Waals surface area contributed by atoms with Crippen LogP contribution < -0.4 is 0 Å². The van der Waals surface area contributed by atoms with Crippen LogP contribution in [0.4, 0.5) is 0 Å². The number of rotatable bonds is 6. The smallest absolute Gasteiger partial charge is 0.303 e. The second-order valence-electron chi connectivity index (χ2n) is 6.16. The Morgan fingerprint density at radius 3 is 2.75 bits per heavy atom. The van der Waals surface area contributed by atoms with E-state index >= 15 is 0 Å². The molecule has 3 nitrogen and oxygen atoms in total. The van der Waals surface area contributed by atoms with Crippen LogP contribution in [0.1, 0.15) is 44.6 Å². The van der Waals surface area contributed by atoms with E-state index in [0.29, 0.717) is 6.42 Å². The van der Waals surface area contributed by atoms with Crippen LogP contribution in [0.15, 0.2) is 30.3 Å². The fourth-order valence-corrected chi connectivity index (χ4v) is 3.22. The first-order valence-electron chi connectivity index (χ1n) is 7.60. The second kappa shape index (κ2) is 6.89. The Balaban J connectivity index is 1.87. The highest BCUT2D eigenvalue weighted by atomic mass is 16.4. The maximum atomic E-state index is 10.5. The number of unbranched alkanes of at least 4 members (excludes halogenated alkanes) is 1. The largest absolute Gasteiger partial charge is 0.481 e. The predicted octanol–water partition coefficient (Wildman–Crippen LogP) is 3.30. The second-order valence-corrected chi connectivity index (χ2v) is 6.16. The van der Waals surface area contributed by atoms with Crippen LogP contribution >= 0.6 is 0 Å². The molecule has 0 aromatic heterocycles. The molecule has 0 amide bonds. The number of hydrogen-bond acceptors (Lipinski definition) is 2. The molecule has 1 aliphatic heterocycles. The van der Waals surface area contributed by atoms with E-state index in [1.54, 1.807) is 0 Å². The normalized spacial score (nSPS) is 23.6. The number of likely N-dealkylation sites (tertiary alicyclic amines) is 1. The van der Waals surface area contributed by atoms with Crippen molar-refractivity contribution < 1.29 is 9.90 Å². The van der Waals surface area contributed by atoms with Crippen molar-refractivity contribution >= 4 is 5.97 Å². The van der Waals surface area contributed by atoms with Crippen LogP contribution in [0.2, 0.25) is 0 Å². The Morgan fingerprint density at radius 2 is 2.05 bits per heavy atom. The summed E-state index contributed by atoms with van der Waals surface area (Å²) in [4.78, 5) is 13.0. The molecule has 2 rings (SSSR count). The number of nitrogens with zero attached hydrogens (tertiary/aromatic N) is 1. The standard InChI is InChI=1S/C17H25NO2/c1-17(15-8-3-2-4-9-15)11-7-13-18(14-17)12-6-5-10-16(19)20/h2-4,8-9H,5-7,10-14H2,1H3,(H,19,20)/t17-/m0/s1. The molecule has 110 valence electrons. The van der Waals surface area contributed by atoms with Gasteiger partial charge in [0.05, 0.1) is 0 Å². The number of carboxylic acids is 1. The van der Waals surface area contributed by atoms with E-state index in [2.05, 4.69) is 42.2 Å². The van der Waals surface area contributed by atoms with Crippen LogP contribution in [0.25, 0.3) is 0 Å².